The fourth-order valence-electron chi connectivity index (χ4n) is 0.904. The third-order valence-corrected chi connectivity index (χ3v) is 2.60. The molecule has 1 heterocycles. The molecule has 1 aromatic heterocycles. The van der Waals surface area contributed by atoms with E-state index < -0.39 is 5.60 Å². The van der Waals surface area contributed by atoms with E-state index in [-0.39, 0.29) is 6.09 Å². The van der Waals surface area contributed by atoms with Crippen molar-refractivity contribution in [1.29, 1.82) is 0 Å². The summed E-state index contributed by atoms with van der Waals surface area (Å²) >= 11 is 1.43. The molecular weight excluding hydrogens is 212 g/mol. The maximum atomic E-state index is 11.6. The number of thiazole rings is 1. The maximum Gasteiger partial charge on any atom is 0.416 e. The molecule has 4 nitrogen and oxygen atoms in total. The minimum absolute atomic E-state index is 0.378. The van der Waals surface area contributed by atoms with Gasteiger partial charge in [0, 0.05) is 12.4 Å². The third kappa shape index (κ3) is 3.51. The van der Waals surface area contributed by atoms with Crippen LogP contribution in [0.1, 0.15) is 26.5 Å². The molecule has 0 aliphatic rings. The number of anilines is 1. The molecule has 1 rings (SSSR count). The number of aromatic nitrogens is 1. The SMILES string of the molecule is Cc1csc(N(C)C(=O)OC(C)(C)C)n1. The van der Waals surface area contributed by atoms with Gasteiger partial charge in [-0.15, -0.1) is 11.3 Å². The summed E-state index contributed by atoms with van der Waals surface area (Å²) in [6.07, 6.45) is -0.378. The van der Waals surface area contributed by atoms with Gasteiger partial charge in [-0.2, -0.15) is 0 Å². The number of hydrogen-bond donors (Lipinski definition) is 0. The molecule has 0 spiro atoms. The predicted octanol–water partition coefficient (Wildman–Crippen LogP) is 2.82. The highest BCUT2D eigenvalue weighted by Gasteiger charge is 2.21. The lowest BCUT2D eigenvalue weighted by Crippen LogP contribution is -2.34. The third-order valence-electron chi connectivity index (χ3n) is 1.56. The lowest BCUT2D eigenvalue weighted by Gasteiger charge is -2.23. The second kappa shape index (κ2) is 4.18. The van der Waals surface area contributed by atoms with Crippen molar-refractivity contribution >= 4 is 22.6 Å². The summed E-state index contributed by atoms with van der Waals surface area (Å²) < 4.78 is 5.22. The summed E-state index contributed by atoms with van der Waals surface area (Å²) in [7, 11) is 1.66. The number of carbonyl (C=O) groups excluding carboxylic acids is 1. The van der Waals surface area contributed by atoms with Gasteiger partial charge in [0.25, 0.3) is 0 Å². The van der Waals surface area contributed by atoms with Crippen molar-refractivity contribution < 1.29 is 9.53 Å². The van der Waals surface area contributed by atoms with Crippen LogP contribution in [0.25, 0.3) is 0 Å². The van der Waals surface area contributed by atoms with Gasteiger partial charge in [0.2, 0.25) is 0 Å². The van der Waals surface area contributed by atoms with E-state index in [1.807, 2.05) is 33.1 Å². The molecule has 1 aromatic rings. The first kappa shape index (κ1) is 12.0. The van der Waals surface area contributed by atoms with Crippen molar-refractivity contribution in [2.45, 2.75) is 33.3 Å². The van der Waals surface area contributed by atoms with Gasteiger partial charge in [0.05, 0.1) is 5.69 Å². The molecule has 0 radical (unpaired) electrons. The lowest BCUT2D eigenvalue weighted by molar-refractivity contribution is 0.0589. The van der Waals surface area contributed by atoms with Gasteiger partial charge in [-0.25, -0.2) is 9.78 Å². The first-order valence-corrected chi connectivity index (χ1v) is 5.56. The Morgan fingerprint density at radius 2 is 2.13 bits per heavy atom. The number of hydrogen-bond acceptors (Lipinski definition) is 4. The first-order chi connectivity index (χ1) is 6.79. The zero-order valence-electron chi connectivity index (χ0n) is 9.70. The maximum absolute atomic E-state index is 11.6. The van der Waals surface area contributed by atoms with Crippen LogP contribution in [0.3, 0.4) is 0 Å². The number of ether oxygens (including phenoxy) is 1. The van der Waals surface area contributed by atoms with E-state index in [1.54, 1.807) is 7.05 Å². The van der Waals surface area contributed by atoms with Crippen molar-refractivity contribution in [2.75, 3.05) is 11.9 Å². The molecule has 15 heavy (non-hydrogen) atoms. The largest absolute Gasteiger partial charge is 0.443 e. The van der Waals surface area contributed by atoms with Crippen LogP contribution in [0.5, 0.6) is 0 Å². The highest BCUT2D eigenvalue weighted by atomic mass is 32.1. The van der Waals surface area contributed by atoms with Gasteiger partial charge in [-0.3, -0.25) is 4.90 Å². The molecule has 0 N–H and O–H groups in total. The number of amides is 1. The average Bonchev–Trinajstić information content (AvgIpc) is 2.47. The van der Waals surface area contributed by atoms with E-state index in [1.165, 1.54) is 16.2 Å². The van der Waals surface area contributed by atoms with Gasteiger partial charge in [0.1, 0.15) is 5.60 Å². The minimum atomic E-state index is -0.475. The Balaban J connectivity index is 2.69. The molecule has 0 aromatic carbocycles. The quantitative estimate of drug-likeness (QED) is 0.742. The van der Waals surface area contributed by atoms with Crippen molar-refractivity contribution in [3.05, 3.63) is 11.1 Å². The van der Waals surface area contributed by atoms with Crippen LogP contribution in [-0.4, -0.2) is 23.7 Å². The van der Waals surface area contributed by atoms with E-state index in [0.717, 1.165) is 5.69 Å². The fraction of sp³-hybridized carbons (Fsp3) is 0.600. The normalized spacial score (nSPS) is 11.3. The molecule has 0 fully saturated rings. The van der Waals surface area contributed by atoms with Crippen molar-refractivity contribution in [3.8, 4) is 0 Å². The predicted molar refractivity (Wildman–Crippen MR) is 61.5 cm³/mol. The Morgan fingerprint density at radius 3 is 2.53 bits per heavy atom. The van der Waals surface area contributed by atoms with Crippen LogP contribution < -0.4 is 4.90 Å². The second-order valence-corrected chi connectivity index (χ2v) is 5.15. The Hall–Kier alpha value is -1.10. The summed E-state index contributed by atoms with van der Waals surface area (Å²) in [4.78, 5) is 17.3. The van der Waals surface area contributed by atoms with E-state index in [9.17, 15) is 4.79 Å². The molecule has 84 valence electrons. The van der Waals surface area contributed by atoms with Crippen molar-refractivity contribution in [2.24, 2.45) is 0 Å². The van der Waals surface area contributed by atoms with E-state index in [2.05, 4.69) is 4.98 Å². The average molecular weight is 228 g/mol. The van der Waals surface area contributed by atoms with Crippen molar-refractivity contribution in [3.63, 3.8) is 0 Å². The van der Waals surface area contributed by atoms with E-state index >= 15 is 0 Å². The summed E-state index contributed by atoms with van der Waals surface area (Å²) in [5.74, 6) is 0. The van der Waals surface area contributed by atoms with E-state index in [4.69, 9.17) is 4.74 Å². The van der Waals surface area contributed by atoms with Gasteiger partial charge in [-0.05, 0) is 27.7 Å². The summed E-state index contributed by atoms with van der Waals surface area (Å²) in [5.41, 5.74) is 0.433. The Morgan fingerprint density at radius 1 is 1.53 bits per heavy atom. The minimum Gasteiger partial charge on any atom is -0.443 e. The fourth-order valence-corrected chi connectivity index (χ4v) is 1.66. The number of rotatable bonds is 1. The van der Waals surface area contributed by atoms with Gasteiger partial charge >= 0.3 is 6.09 Å². The van der Waals surface area contributed by atoms with Crippen LogP contribution >= 0.6 is 11.3 Å². The molecular formula is C10H16N2O2S. The molecule has 0 aliphatic heterocycles. The smallest absolute Gasteiger partial charge is 0.416 e. The topological polar surface area (TPSA) is 42.4 Å². The summed E-state index contributed by atoms with van der Waals surface area (Å²) in [6, 6.07) is 0. The molecule has 1 amide bonds. The standard InChI is InChI=1S/C10H16N2O2S/c1-7-6-15-8(11-7)12(5)9(13)14-10(2,3)4/h6H,1-5H3. The zero-order chi connectivity index (χ0) is 11.6. The van der Waals surface area contributed by atoms with E-state index in [0.29, 0.717) is 5.13 Å². The Kier molecular flexibility index (Phi) is 3.34. The number of nitrogens with zero attached hydrogens (tertiary/aromatic N) is 2. The van der Waals surface area contributed by atoms with Crippen LogP contribution in [0, 0.1) is 6.92 Å². The van der Waals surface area contributed by atoms with Crippen LogP contribution in [0.2, 0.25) is 0 Å². The summed E-state index contributed by atoms with van der Waals surface area (Å²) in [6.45, 7) is 7.41. The molecule has 0 atom stereocenters. The lowest BCUT2D eigenvalue weighted by atomic mass is 10.2. The molecule has 0 saturated heterocycles. The Labute approximate surface area is 93.9 Å². The van der Waals surface area contributed by atoms with Crippen LogP contribution in [0.15, 0.2) is 5.38 Å². The highest BCUT2D eigenvalue weighted by molar-refractivity contribution is 7.13. The first-order valence-electron chi connectivity index (χ1n) is 4.68. The second-order valence-electron chi connectivity index (χ2n) is 4.31. The molecule has 0 saturated carbocycles. The van der Waals surface area contributed by atoms with Gasteiger partial charge in [-0.1, -0.05) is 0 Å². The Bertz CT molecular complexity index is 355. The molecule has 0 aliphatic carbocycles. The van der Waals surface area contributed by atoms with Crippen molar-refractivity contribution in [1.82, 2.24) is 4.98 Å². The van der Waals surface area contributed by atoms with Gasteiger partial charge in [0.15, 0.2) is 5.13 Å². The van der Waals surface area contributed by atoms with Crippen LogP contribution in [0.4, 0.5) is 9.93 Å². The molecule has 5 heteroatoms. The van der Waals surface area contributed by atoms with Crippen LogP contribution in [-0.2, 0) is 4.74 Å². The monoisotopic (exact) mass is 228 g/mol. The molecule has 0 unspecified atom stereocenters. The summed E-state index contributed by atoms with van der Waals surface area (Å²) in [5, 5.41) is 2.55. The molecule has 0 bridgehead atoms. The number of carbonyl (C=O) groups is 1. The number of aryl methyl sites for hydroxylation is 1. The van der Waals surface area contributed by atoms with Gasteiger partial charge < -0.3 is 4.74 Å². The highest BCUT2D eigenvalue weighted by Crippen LogP contribution is 2.20. The zero-order valence-corrected chi connectivity index (χ0v) is 10.5.